The molecule has 0 unspecified atom stereocenters. The maximum absolute atomic E-state index is 12.0. The Morgan fingerprint density at radius 1 is 1.06 bits per heavy atom. The van der Waals surface area contributed by atoms with Gasteiger partial charge in [0.15, 0.2) is 0 Å². The Hall–Kier alpha value is -1.61. The number of benzene rings is 2. The van der Waals surface area contributed by atoms with E-state index in [9.17, 15) is 4.79 Å². The standard InChI is InChI=1S/C15H13BrO2/c1-10-3-4-11(2)14(9-10)18-15(17)12-5-7-13(16)8-6-12/h3-9H,1-2H3. The molecule has 2 rings (SSSR count). The van der Waals surface area contributed by atoms with Crippen molar-refractivity contribution in [2.24, 2.45) is 0 Å². The second kappa shape index (κ2) is 5.36. The number of rotatable bonds is 2. The van der Waals surface area contributed by atoms with Gasteiger partial charge in [-0.15, -0.1) is 0 Å². The first-order chi connectivity index (χ1) is 8.56. The summed E-state index contributed by atoms with van der Waals surface area (Å²) in [6.07, 6.45) is 0. The van der Waals surface area contributed by atoms with Crippen molar-refractivity contribution in [2.75, 3.05) is 0 Å². The summed E-state index contributed by atoms with van der Waals surface area (Å²) in [4.78, 5) is 12.0. The molecule has 0 spiro atoms. The van der Waals surface area contributed by atoms with Crippen LogP contribution >= 0.6 is 15.9 Å². The first-order valence-electron chi connectivity index (χ1n) is 5.61. The van der Waals surface area contributed by atoms with Gasteiger partial charge in [0.2, 0.25) is 0 Å². The Kier molecular flexibility index (Phi) is 3.82. The molecule has 2 aromatic carbocycles. The van der Waals surface area contributed by atoms with Gasteiger partial charge in [0.05, 0.1) is 5.56 Å². The number of esters is 1. The van der Waals surface area contributed by atoms with Crippen LogP contribution in [0.5, 0.6) is 5.75 Å². The van der Waals surface area contributed by atoms with E-state index in [0.717, 1.165) is 15.6 Å². The lowest BCUT2D eigenvalue weighted by molar-refractivity contribution is 0.0733. The third-order valence-corrected chi connectivity index (χ3v) is 3.15. The number of carbonyl (C=O) groups is 1. The minimum absolute atomic E-state index is 0.337. The van der Waals surface area contributed by atoms with E-state index in [1.54, 1.807) is 12.1 Å². The van der Waals surface area contributed by atoms with Crippen molar-refractivity contribution in [3.63, 3.8) is 0 Å². The van der Waals surface area contributed by atoms with Crippen LogP contribution in [0.2, 0.25) is 0 Å². The van der Waals surface area contributed by atoms with Crippen molar-refractivity contribution in [1.82, 2.24) is 0 Å². The average Bonchev–Trinajstić information content (AvgIpc) is 2.34. The zero-order valence-electron chi connectivity index (χ0n) is 10.2. The van der Waals surface area contributed by atoms with E-state index in [2.05, 4.69) is 15.9 Å². The van der Waals surface area contributed by atoms with Crippen LogP contribution in [0.1, 0.15) is 21.5 Å². The van der Waals surface area contributed by atoms with Gasteiger partial charge in [-0.05, 0) is 55.3 Å². The van der Waals surface area contributed by atoms with E-state index >= 15 is 0 Å². The van der Waals surface area contributed by atoms with Crippen LogP contribution in [0.15, 0.2) is 46.9 Å². The number of carbonyl (C=O) groups excluding carboxylic acids is 1. The van der Waals surface area contributed by atoms with E-state index in [1.165, 1.54) is 0 Å². The molecule has 0 aliphatic heterocycles. The Labute approximate surface area is 115 Å². The van der Waals surface area contributed by atoms with Crippen LogP contribution in [0, 0.1) is 13.8 Å². The predicted octanol–water partition coefficient (Wildman–Crippen LogP) is 4.29. The van der Waals surface area contributed by atoms with Gasteiger partial charge in [-0.25, -0.2) is 4.79 Å². The largest absolute Gasteiger partial charge is 0.423 e. The van der Waals surface area contributed by atoms with Crippen LogP contribution < -0.4 is 4.74 Å². The second-order valence-corrected chi connectivity index (χ2v) is 5.08. The van der Waals surface area contributed by atoms with Crippen molar-refractivity contribution in [1.29, 1.82) is 0 Å². The average molecular weight is 305 g/mol. The summed E-state index contributed by atoms with van der Waals surface area (Å²) < 4.78 is 6.33. The quantitative estimate of drug-likeness (QED) is 0.611. The summed E-state index contributed by atoms with van der Waals surface area (Å²) in [7, 11) is 0. The van der Waals surface area contributed by atoms with Gasteiger partial charge in [-0.3, -0.25) is 0 Å². The molecular formula is C15H13BrO2. The molecule has 0 aliphatic carbocycles. The molecule has 0 saturated carbocycles. The van der Waals surface area contributed by atoms with E-state index < -0.39 is 0 Å². The SMILES string of the molecule is Cc1ccc(C)c(OC(=O)c2ccc(Br)cc2)c1. The van der Waals surface area contributed by atoms with Crippen LogP contribution in [0.25, 0.3) is 0 Å². The van der Waals surface area contributed by atoms with Gasteiger partial charge >= 0.3 is 5.97 Å². The summed E-state index contributed by atoms with van der Waals surface area (Å²) in [5.41, 5.74) is 2.56. The Bertz CT molecular complexity index is 574. The smallest absolute Gasteiger partial charge is 0.343 e. The minimum atomic E-state index is -0.337. The lowest BCUT2D eigenvalue weighted by Crippen LogP contribution is -2.09. The Morgan fingerprint density at radius 3 is 2.39 bits per heavy atom. The molecule has 0 aliphatic rings. The summed E-state index contributed by atoms with van der Waals surface area (Å²) in [5.74, 6) is 0.277. The molecule has 0 heterocycles. The topological polar surface area (TPSA) is 26.3 Å². The highest BCUT2D eigenvalue weighted by molar-refractivity contribution is 9.10. The van der Waals surface area contributed by atoms with Gasteiger partial charge in [0.1, 0.15) is 5.75 Å². The van der Waals surface area contributed by atoms with Crippen LogP contribution in [0.3, 0.4) is 0 Å². The highest BCUT2D eigenvalue weighted by Crippen LogP contribution is 2.21. The van der Waals surface area contributed by atoms with E-state index in [0.29, 0.717) is 11.3 Å². The van der Waals surface area contributed by atoms with Crippen LogP contribution in [-0.2, 0) is 0 Å². The number of halogens is 1. The van der Waals surface area contributed by atoms with E-state index in [4.69, 9.17) is 4.74 Å². The molecule has 92 valence electrons. The number of ether oxygens (including phenoxy) is 1. The Balaban J connectivity index is 2.21. The lowest BCUT2D eigenvalue weighted by atomic mass is 10.1. The first kappa shape index (κ1) is 12.8. The molecule has 2 aromatic rings. The van der Waals surface area contributed by atoms with Crippen molar-refractivity contribution in [2.45, 2.75) is 13.8 Å². The maximum Gasteiger partial charge on any atom is 0.343 e. The lowest BCUT2D eigenvalue weighted by Gasteiger charge is -2.08. The number of hydrogen-bond donors (Lipinski definition) is 0. The van der Waals surface area contributed by atoms with Gasteiger partial charge < -0.3 is 4.74 Å². The van der Waals surface area contributed by atoms with Crippen LogP contribution in [-0.4, -0.2) is 5.97 Å². The zero-order chi connectivity index (χ0) is 13.1. The van der Waals surface area contributed by atoms with Gasteiger partial charge in [-0.2, -0.15) is 0 Å². The minimum Gasteiger partial charge on any atom is -0.423 e. The molecule has 0 bridgehead atoms. The molecule has 2 nitrogen and oxygen atoms in total. The van der Waals surface area contributed by atoms with Crippen molar-refractivity contribution in [3.8, 4) is 5.75 Å². The third-order valence-electron chi connectivity index (χ3n) is 2.63. The molecule has 18 heavy (non-hydrogen) atoms. The normalized spacial score (nSPS) is 10.2. The molecule has 0 N–H and O–H groups in total. The van der Waals surface area contributed by atoms with Crippen molar-refractivity contribution >= 4 is 21.9 Å². The highest BCUT2D eigenvalue weighted by Gasteiger charge is 2.10. The van der Waals surface area contributed by atoms with Crippen LogP contribution in [0.4, 0.5) is 0 Å². The third kappa shape index (κ3) is 2.99. The molecule has 0 saturated heterocycles. The molecular weight excluding hydrogens is 292 g/mol. The number of aryl methyl sites for hydroxylation is 2. The zero-order valence-corrected chi connectivity index (χ0v) is 11.8. The summed E-state index contributed by atoms with van der Waals surface area (Å²) in [6, 6.07) is 12.9. The fraction of sp³-hybridized carbons (Fsp3) is 0.133. The van der Waals surface area contributed by atoms with Gasteiger partial charge in [-0.1, -0.05) is 28.1 Å². The highest BCUT2D eigenvalue weighted by atomic mass is 79.9. The van der Waals surface area contributed by atoms with Gasteiger partial charge in [0.25, 0.3) is 0 Å². The Morgan fingerprint density at radius 2 is 1.72 bits per heavy atom. The monoisotopic (exact) mass is 304 g/mol. The van der Waals surface area contributed by atoms with Crippen molar-refractivity contribution < 1.29 is 9.53 Å². The molecule has 3 heteroatoms. The predicted molar refractivity (Wildman–Crippen MR) is 75.0 cm³/mol. The molecule has 0 radical (unpaired) electrons. The summed E-state index contributed by atoms with van der Waals surface area (Å²) in [5, 5.41) is 0. The number of hydrogen-bond acceptors (Lipinski definition) is 2. The molecule has 0 fully saturated rings. The summed E-state index contributed by atoms with van der Waals surface area (Å²) in [6.45, 7) is 3.89. The van der Waals surface area contributed by atoms with Crippen molar-refractivity contribution in [3.05, 3.63) is 63.6 Å². The van der Waals surface area contributed by atoms with E-state index in [-0.39, 0.29) is 5.97 Å². The molecule has 0 aromatic heterocycles. The fourth-order valence-electron chi connectivity index (χ4n) is 1.56. The maximum atomic E-state index is 12.0. The summed E-state index contributed by atoms with van der Waals surface area (Å²) >= 11 is 3.33. The van der Waals surface area contributed by atoms with Gasteiger partial charge in [0, 0.05) is 4.47 Å². The second-order valence-electron chi connectivity index (χ2n) is 4.17. The first-order valence-corrected chi connectivity index (χ1v) is 6.40. The van der Waals surface area contributed by atoms with E-state index in [1.807, 2.05) is 44.2 Å². The molecule has 0 atom stereocenters. The molecule has 0 amide bonds. The fourth-order valence-corrected chi connectivity index (χ4v) is 1.83.